The van der Waals surface area contributed by atoms with Crippen molar-refractivity contribution in [2.24, 2.45) is 0 Å². The molecule has 1 fully saturated rings. The maximum atomic E-state index is 12.0. The van der Waals surface area contributed by atoms with Gasteiger partial charge in [0.2, 0.25) is 15.9 Å². The minimum Gasteiger partial charge on any atom is -0.326 e. The highest BCUT2D eigenvalue weighted by Crippen LogP contribution is 2.20. The zero-order chi connectivity index (χ0) is 18.7. The fraction of sp³-hybridized carbons (Fsp3) is 0.467. The van der Waals surface area contributed by atoms with Crippen molar-refractivity contribution in [3.63, 3.8) is 0 Å². The third kappa shape index (κ3) is 5.52. The lowest BCUT2D eigenvalue weighted by molar-refractivity contribution is -0.116. The van der Waals surface area contributed by atoms with Crippen molar-refractivity contribution >= 4 is 31.5 Å². The van der Waals surface area contributed by atoms with E-state index < -0.39 is 25.9 Å². The van der Waals surface area contributed by atoms with Gasteiger partial charge in [-0.3, -0.25) is 4.79 Å². The number of amides is 1. The van der Waals surface area contributed by atoms with Crippen LogP contribution in [-0.2, 0) is 24.7 Å². The molecule has 0 saturated carbocycles. The van der Waals surface area contributed by atoms with E-state index in [0.29, 0.717) is 11.3 Å². The molecule has 1 atom stereocenters. The summed E-state index contributed by atoms with van der Waals surface area (Å²) in [6.45, 7) is -0.0822. The first-order valence-electron chi connectivity index (χ1n) is 7.58. The van der Waals surface area contributed by atoms with Gasteiger partial charge in [-0.05, 0) is 30.7 Å². The highest BCUT2D eigenvalue weighted by Gasteiger charge is 2.36. The average molecular weight is 385 g/mol. The molecule has 0 spiro atoms. The molecule has 1 heterocycles. The van der Waals surface area contributed by atoms with Gasteiger partial charge < -0.3 is 5.32 Å². The molecule has 0 aliphatic carbocycles. The predicted molar refractivity (Wildman–Crippen MR) is 93.0 cm³/mol. The zero-order valence-corrected chi connectivity index (χ0v) is 15.3. The first kappa shape index (κ1) is 19.4. The second-order valence-electron chi connectivity index (χ2n) is 5.92. The van der Waals surface area contributed by atoms with E-state index in [-0.39, 0.29) is 36.8 Å². The number of carbonyl (C=O) groups is 1. The van der Waals surface area contributed by atoms with Gasteiger partial charge in [0.25, 0.3) is 0 Å². The van der Waals surface area contributed by atoms with Crippen molar-refractivity contribution in [1.82, 2.24) is 4.31 Å². The van der Waals surface area contributed by atoms with Crippen LogP contribution in [-0.4, -0.2) is 57.4 Å². The van der Waals surface area contributed by atoms with Crippen LogP contribution in [0.2, 0.25) is 0 Å². The summed E-state index contributed by atoms with van der Waals surface area (Å²) in [7, 11) is -6.85. The number of anilines is 1. The number of benzene rings is 1. The molecule has 1 aromatic rings. The fourth-order valence-corrected chi connectivity index (χ4v) is 5.65. The standard InChI is InChI=1S/C15H19N3O5S2/c1-24(20,21)18(14-7-9-25(22,23)11-14)8-6-15(19)17-13-4-2-12(10-16)3-5-13/h2-5,14H,6-9,11H2,1H3,(H,17,19). The van der Waals surface area contributed by atoms with Crippen molar-refractivity contribution in [3.8, 4) is 6.07 Å². The van der Waals surface area contributed by atoms with E-state index in [1.807, 2.05) is 6.07 Å². The molecule has 1 aromatic carbocycles. The summed E-state index contributed by atoms with van der Waals surface area (Å²) in [5, 5.41) is 11.3. The summed E-state index contributed by atoms with van der Waals surface area (Å²) in [5.74, 6) is -0.641. The first-order valence-corrected chi connectivity index (χ1v) is 11.2. The van der Waals surface area contributed by atoms with Crippen molar-refractivity contribution in [3.05, 3.63) is 29.8 Å². The molecular formula is C15H19N3O5S2. The molecule has 1 amide bonds. The van der Waals surface area contributed by atoms with E-state index in [9.17, 15) is 21.6 Å². The van der Waals surface area contributed by atoms with Crippen LogP contribution in [0.25, 0.3) is 0 Å². The van der Waals surface area contributed by atoms with E-state index >= 15 is 0 Å². The van der Waals surface area contributed by atoms with Crippen LogP contribution in [0.4, 0.5) is 5.69 Å². The van der Waals surface area contributed by atoms with Crippen LogP contribution in [0.1, 0.15) is 18.4 Å². The molecule has 0 aromatic heterocycles. The topological polar surface area (TPSA) is 124 Å². The van der Waals surface area contributed by atoms with Gasteiger partial charge in [0, 0.05) is 24.7 Å². The average Bonchev–Trinajstić information content (AvgIpc) is 2.86. The summed E-state index contributed by atoms with van der Waals surface area (Å²) in [4.78, 5) is 12.0. The number of nitrogens with zero attached hydrogens (tertiary/aromatic N) is 2. The summed E-state index contributed by atoms with van der Waals surface area (Å²) >= 11 is 0. The number of sulfone groups is 1. The highest BCUT2D eigenvalue weighted by atomic mass is 32.2. The number of nitrogens with one attached hydrogen (secondary N) is 1. The molecular weight excluding hydrogens is 366 g/mol. The van der Waals surface area contributed by atoms with Gasteiger partial charge >= 0.3 is 0 Å². The Hall–Kier alpha value is -1.96. The van der Waals surface area contributed by atoms with Gasteiger partial charge in [-0.1, -0.05) is 0 Å². The molecule has 136 valence electrons. The number of carbonyl (C=O) groups excluding carboxylic acids is 1. The van der Waals surface area contributed by atoms with Crippen LogP contribution < -0.4 is 5.32 Å². The molecule has 1 aliphatic rings. The lowest BCUT2D eigenvalue weighted by Crippen LogP contribution is -2.42. The van der Waals surface area contributed by atoms with Crippen LogP contribution in [0, 0.1) is 11.3 Å². The molecule has 0 radical (unpaired) electrons. The number of sulfonamides is 1. The summed E-state index contributed by atoms with van der Waals surface area (Å²) in [5.41, 5.74) is 0.960. The van der Waals surface area contributed by atoms with Crippen LogP contribution in [0.3, 0.4) is 0 Å². The molecule has 10 heteroatoms. The lowest BCUT2D eigenvalue weighted by atomic mass is 10.2. The molecule has 2 rings (SSSR count). The maximum absolute atomic E-state index is 12.0. The molecule has 1 N–H and O–H groups in total. The molecule has 1 unspecified atom stereocenters. The Morgan fingerprint density at radius 1 is 1.36 bits per heavy atom. The van der Waals surface area contributed by atoms with Crippen molar-refractivity contribution in [2.75, 3.05) is 29.6 Å². The minimum atomic E-state index is -3.62. The third-order valence-corrected chi connectivity index (χ3v) is 6.98. The van der Waals surface area contributed by atoms with E-state index in [0.717, 1.165) is 10.6 Å². The quantitative estimate of drug-likeness (QED) is 0.753. The summed E-state index contributed by atoms with van der Waals surface area (Å²) in [6, 6.07) is 7.61. The Bertz CT molecular complexity index is 886. The maximum Gasteiger partial charge on any atom is 0.225 e. The van der Waals surface area contributed by atoms with Gasteiger partial charge in [-0.15, -0.1) is 0 Å². The normalized spacial score (nSPS) is 19.5. The largest absolute Gasteiger partial charge is 0.326 e. The summed E-state index contributed by atoms with van der Waals surface area (Å²) in [6.07, 6.45) is 1.16. The summed E-state index contributed by atoms with van der Waals surface area (Å²) < 4.78 is 48.1. The molecule has 8 nitrogen and oxygen atoms in total. The molecule has 0 bridgehead atoms. The monoisotopic (exact) mass is 385 g/mol. The van der Waals surface area contributed by atoms with E-state index in [1.165, 1.54) is 0 Å². The van der Waals surface area contributed by atoms with E-state index in [4.69, 9.17) is 5.26 Å². The predicted octanol–water partition coefficient (Wildman–Crippen LogP) is 0.336. The van der Waals surface area contributed by atoms with Crippen LogP contribution in [0.5, 0.6) is 0 Å². The Labute approximate surface area is 147 Å². The van der Waals surface area contributed by atoms with Crippen LogP contribution >= 0.6 is 0 Å². The Balaban J connectivity index is 1.98. The van der Waals surface area contributed by atoms with Gasteiger partial charge in [-0.2, -0.15) is 9.57 Å². The van der Waals surface area contributed by atoms with Crippen LogP contribution in [0.15, 0.2) is 24.3 Å². The van der Waals surface area contributed by atoms with Gasteiger partial charge in [0.05, 0.1) is 29.4 Å². The number of hydrogen-bond donors (Lipinski definition) is 1. The van der Waals surface area contributed by atoms with Crippen molar-refractivity contribution < 1.29 is 21.6 Å². The molecule has 1 saturated heterocycles. The Morgan fingerprint density at radius 3 is 2.48 bits per heavy atom. The fourth-order valence-electron chi connectivity index (χ4n) is 2.69. The van der Waals surface area contributed by atoms with E-state index in [2.05, 4.69) is 5.32 Å². The van der Waals surface area contributed by atoms with E-state index in [1.54, 1.807) is 24.3 Å². The smallest absolute Gasteiger partial charge is 0.225 e. The first-order chi connectivity index (χ1) is 11.6. The van der Waals surface area contributed by atoms with Gasteiger partial charge in [0.15, 0.2) is 9.84 Å². The second-order valence-corrected chi connectivity index (χ2v) is 10.1. The minimum absolute atomic E-state index is 0.0406. The molecule has 25 heavy (non-hydrogen) atoms. The van der Waals surface area contributed by atoms with Crippen molar-refractivity contribution in [2.45, 2.75) is 18.9 Å². The highest BCUT2D eigenvalue weighted by molar-refractivity contribution is 7.92. The van der Waals surface area contributed by atoms with Gasteiger partial charge in [0.1, 0.15) is 0 Å². The third-order valence-electron chi connectivity index (χ3n) is 3.90. The SMILES string of the molecule is CS(=O)(=O)N(CCC(=O)Nc1ccc(C#N)cc1)C1CCS(=O)(=O)C1. The molecule has 1 aliphatic heterocycles. The lowest BCUT2D eigenvalue weighted by Gasteiger charge is -2.25. The van der Waals surface area contributed by atoms with Gasteiger partial charge in [-0.25, -0.2) is 16.8 Å². The van der Waals surface area contributed by atoms with Crippen molar-refractivity contribution in [1.29, 1.82) is 5.26 Å². The Morgan fingerprint density at radius 2 is 2.00 bits per heavy atom. The zero-order valence-electron chi connectivity index (χ0n) is 13.7. The number of rotatable bonds is 6. The number of nitriles is 1. The number of hydrogen-bond acceptors (Lipinski definition) is 6. The Kier molecular flexibility index (Phi) is 5.82. The second kappa shape index (κ2) is 7.51.